The van der Waals surface area contributed by atoms with Crippen molar-refractivity contribution in [2.45, 2.75) is 24.3 Å². The molecule has 0 unspecified atom stereocenters. The molecule has 1 aromatic carbocycles. The van der Waals surface area contributed by atoms with E-state index in [1.165, 1.54) is 14.9 Å². The zero-order valence-corrected chi connectivity index (χ0v) is 15.2. The van der Waals surface area contributed by atoms with Gasteiger partial charge < -0.3 is 0 Å². The first kappa shape index (κ1) is 15.1. The average Bonchev–Trinajstić information content (AvgIpc) is 2.88. The van der Waals surface area contributed by atoms with E-state index in [1.807, 2.05) is 11.8 Å². The first-order chi connectivity index (χ1) is 9.97. The summed E-state index contributed by atoms with van der Waals surface area (Å²) in [6, 6.07) is 6.51. The molecule has 3 rings (SSSR count). The van der Waals surface area contributed by atoms with Crippen molar-refractivity contribution in [1.82, 2.24) is 14.1 Å². The Morgan fingerprint density at radius 1 is 1.33 bits per heavy atom. The third-order valence-electron chi connectivity index (χ3n) is 3.43. The Labute approximate surface area is 135 Å². The van der Waals surface area contributed by atoms with Crippen LogP contribution in [0.5, 0.6) is 5.75 Å². The van der Waals surface area contributed by atoms with Gasteiger partial charge in [-0.1, -0.05) is 0 Å². The normalized spacial score (nSPS) is 15.5. The van der Waals surface area contributed by atoms with Crippen LogP contribution in [-0.4, -0.2) is 55.2 Å². The number of hydrogen-bond acceptors (Lipinski definition) is 5. The molecule has 0 amide bonds. The van der Waals surface area contributed by atoms with E-state index >= 15 is 0 Å². The number of rotatable bonds is 4. The maximum absolute atomic E-state index is 6.18. The van der Waals surface area contributed by atoms with Crippen molar-refractivity contribution in [2.24, 2.45) is 0 Å². The Bertz CT molecular complexity index is 654. The van der Waals surface area contributed by atoms with E-state index in [1.54, 1.807) is 0 Å². The van der Waals surface area contributed by atoms with Gasteiger partial charge in [-0.2, -0.15) is 0 Å². The summed E-state index contributed by atoms with van der Waals surface area (Å²) in [6.07, 6.45) is 0. The molecule has 2 aromatic rings. The van der Waals surface area contributed by atoms with Gasteiger partial charge in [0.15, 0.2) is 0 Å². The summed E-state index contributed by atoms with van der Waals surface area (Å²) in [5.74, 6) is 2.06. The van der Waals surface area contributed by atoms with Gasteiger partial charge in [-0.3, -0.25) is 0 Å². The van der Waals surface area contributed by atoms with Crippen molar-refractivity contribution < 1.29 is 4.74 Å². The average molecular weight is 368 g/mol. The Morgan fingerprint density at radius 3 is 2.90 bits per heavy atom. The van der Waals surface area contributed by atoms with E-state index < -0.39 is 0 Å². The van der Waals surface area contributed by atoms with Crippen molar-refractivity contribution >= 4 is 26.5 Å². The van der Waals surface area contributed by atoms with E-state index in [9.17, 15) is 0 Å². The van der Waals surface area contributed by atoms with Gasteiger partial charge in [0.25, 0.3) is 0 Å². The van der Waals surface area contributed by atoms with Crippen LogP contribution in [0.15, 0.2) is 23.1 Å². The number of nitrogens with zero attached hydrogens (tertiary/aromatic N) is 3. The van der Waals surface area contributed by atoms with Crippen molar-refractivity contribution in [3.8, 4) is 15.8 Å². The van der Waals surface area contributed by atoms with Gasteiger partial charge >= 0.3 is 136 Å². The second-order valence-electron chi connectivity index (χ2n) is 5.87. The van der Waals surface area contributed by atoms with Crippen molar-refractivity contribution in [3.05, 3.63) is 23.9 Å². The molecule has 0 saturated heterocycles. The maximum atomic E-state index is 6.18. The summed E-state index contributed by atoms with van der Waals surface area (Å²) in [4.78, 5) is 3.46. The number of thioether (sulfide) groups is 1. The second kappa shape index (κ2) is 5.76. The molecule has 1 aliphatic heterocycles. The molecular formula is C15H19N3OSSe. The van der Waals surface area contributed by atoms with Crippen molar-refractivity contribution in [3.63, 3.8) is 0 Å². The predicted molar refractivity (Wildman–Crippen MR) is 87.3 cm³/mol. The molecule has 6 heteroatoms. The van der Waals surface area contributed by atoms with Crippen molar-refractivity contribution in [2.75, 3.05) is 26.4 Å². The monoisotopic (exact) mass is 369 g/mol. The molecule has 4 nitrogen and oxygen atoms in total. The first-order valence-electron chi connectivity index (χ1n) is 6.91. The van der Waals surface area contributed by atoms with Crippen LogP contribution < -0.4 is 4.74 Å². The molecule has 1 aromatic heterocycles. The first-order valence-corrected chi connectivity index (χ1v) is 9.52. The topological polar surface area (TPSA) is 38.2 Å². The van der Waals surface area contributed by atoms with Gasteiger partial charge in [-0.15, -0.1) is 0 Å². The molecular weight excluding hydrogens is 349 g/mol. The summed E-state index contributed by atoms with van der Waals surface area (Å²) in [5, 5.41) is 4.30. The van der Waals surface area contributed by atoms with Gasteiger partial charge in [0.05, 0.1) is 0 Å². The van der Waals surface area contributed by atoms with Gasteiger partial charge in [-0.25, -0.2) is 0 Å². The summed E-state index contributed by atoms with van der Waals surface area (Å²) < 4.78 is 11.7. The van der Waals surface area contributed by atoms with E-state index in [0.29, 0.717) is 0 Å². The Hall–Kier alpha value is -0.811. The summed E-state index contributed by atoms with van der Waals surface area (Å²) in [5.41, 5.74) is 1.80. The van der Waals surface area contributed by atoms with Crippen LogP contribution in [0.1, 0.15) is 19.5 Å². The molecule has 0 atom stereocenters. The third-order valence-corrected chi connectivity index (χ3v) is 6.00. The minimum absolute atomic E-state index is 0.0880. The van der Waals surface area contributed by atoms with Crippen LogP contribution in [0.4, 0.5) is 0 Å². The minimum atomic E-state index is -0.378. The van der Waals surface area contributed by atoms with Crippen LogP contribution in [0, 0.1) is 0 Å². The molecule has 0 fully saturated rings. The van der Waals surface area contributed by atoms with Crippen LogP contribution in [0.3, 0.4) is 0 Å². The molecule has 112 valence electrons. The standard InChI is InChI=1S/C15H19N3OSSe/c1-15(2)14-13(21-17-16-14)11-6-5-10(9-12(11)19-15)20-8-7-18(3)4/h5-6,9H,7-8H2,1-4H3. The fourth-order valence-electron chi connectivity index (χ4n) is 2.30. The van der Waals surface area contributed by atoms with Crippen LogP contribution in [0.25, 0.3) is 10.0 Å². The van der Waals surface area contributed by atoms with Crippen LogP contribution >= 0.6 is 11.8 Å². The zero-order valence-electron chi connectivity index (χ0n) is 12.7. The van der Waals surface area contributed by atoms with Gasteiger partial charge in [-0.05, 0) is 0 Å². The predicted octanol–water partition coefficient (Wildman–Crippen LogP) is 2.48. The third kappa shape index (κ3) is 3.04. The molecule has 0 bridgehead atoms. The SMILES string of the molecule is CN(C)CCSc1ccc2c(c1)OC(C)(C)c1nn[se]c1-2. The second-order valence-corrected chi connectivity index (χ2v) is 8.62. The Morgan fingerprint density at radius 2 is 2.14 bits per heavy atom. The molecule has 0 saturated carbocycles. The number of ether oxygens (including phenoxy) is 1. The number of benzene rings is 1. The summed E-state index contributed by atoms with van der Waals surface area (Å²) >= 11 is 1.96. The number of fused-ring (bicyclic) bond motifs is 3. The quantitative estimate of drug-likeness (QED) is 0.612. The zero-order chi connectivity index (χ0) is 15.0. The fourth-order valence-corrected chi connectivity index (χ4v) is 5.11. The van der Waals surface area contributed by atoms with E-state index in [-0.39, 0.29) is 20.3 Å². The molecule has 1 aliphatic rings. The molecule has 0 N–H and O–H groups in total. The van der Waals surface area contributed by atoms with Gasteiger partial charge in [0, 0.05) is 0 Å². The Kier molecular flexibility index (Phi) is 4.14. The van der Waals surface area contributed by atoms with Crippen LogP contribution in [0.2, 0.25) is 0 Å². The van der Waals surface area contributed by atoms with Gasteiger partial charge in [0.2, 0.25) is 0 Å². The number of hydrogen-bond donors (Lipinski definition) is 0. The molecule has 0 spiro atoms. The van der Waals surface area contributed by atoms with Crippen molar-refractivity contribution in [1.29, 1.82) is 0 Å². The Balaban J connectivity index is 1.87. The summed E-state index contributed by atoms with van der Waals surface area (Å²) in [6.45, 7) is 5.21. The molecule has 0 radical (unpaired) electrons. The fraction of sp³-hybridized carbons (Fsp3) is 0.467. The van der Waals surface area contributed by atoms with E-state index in [2.05, 4.69) is 60.2 Å². The molecule has 21 heavy (non-hydrogen) atoms. The van der Waals surface area contributed by atoms with E-state index in [0.717, 1.165) is 23.7 Å². The van der Waals surface area contributed by atoms with Crippen LogP contribution in [-0.2, 0) is 5.60 Å². The van der Waals surface area contributed by atoms with E-state index in [4.69, 9.17) is 4.74 Å². The molecule has 2 heterocycles. The number of aromatic nitrogens is 2. The molecule has 0 aliphatic carbocycles. The van der Waals surface area contributed by atoms with Gasteiger partial charge in [0.1, 0.15) is 0 Å². The summed E-state index contributed by atoms with van der Waals surface area (Å²) in [7, 11) is 4.20.